The minimum Gasteiger partial charge on any atom is -0.379 e. The Morgan fingerprint density at radius 3 is 2.77 bits per heavy atom. The number of nitrogens with zero attached hydrogens (tertiary/aromatic N) is 5. The highest BCUT2D eigenvalue weighted by Gasteiger charge is 2.25. The second-order valence-corrected chi connectivity index (χ2v) is 8.37. The molecule has 0 spiro atoms. The van der Waals surface area contributed by atoms with Gasteiger partial charge in [0.25, 0.3) is 5.91 Å². The number of hydrogen-bond donors (Lipinski definition) is 0. The Morgan fingerprint density at radius 2 is 2.07 bits per heavy atom. The van der Waals surface area contributed by atoms with Crippen LogP contribution in [0.2, 0.25) is 5.02 Å². The zero-order chi connectivity index (χ0) is 20.4. The number of benzene rings is 1. The van der Waals surface area contributed by atoms with Crippen LogP contribution in [0, 0.1) is 6.92 Å². The zero-order valence-corrected chi connectivity index (χ0v) is 19.4. The van der Waals surface area contributed by atoms with Crippen LogP contribution in [-0.2, 0) is 11.3 Å². The van der Waals surface area contributed by atoms with E-state index in [1.165, 1.54) is 11.3 Å². The molecule has 2 aromatic heterocycles. The van der Waals surface area contributed by atoms with Gasteiger partial charge >= 0.3 is 0 Å². The summed E-state index contributed by atoms with van der Waals surface area (Å²) in [6.07, 6.45) is 1.66. The first-order valence-electron chi connectivity index (χ1n) is 9.78. The number of morpholine rings is 1. The van der Waals surface area contributed by atoms with E-state index in [2.05, 4.69) is 10.00 Å². The number of fused-ring (bicyclic) bond motifs is 1. The molecule has 0 unspecified atom stereocenters. The van der Waals surface area contributed by atoms with Crippen LogP contribution in [0.1, 0.15) is 23.0 Å². The van der Waals surface area contributed by atoms with Gasteiger partial charge in [-0.25, -0.2) is 4.98 Å². The van der Waals surface area contributed by atoms with E-state index in [-0.39, 0.29) is 18.3 Å². The molecule has 0 aliphatic carbocycles. The Morgan fingerprint density at radius 1 is 1.30 bits per heavy atom. The summed E-state index contributed by atoms with van der Waals surface area (Å²) < 4.78 is 8.07. The standard InChI is InChI=1S/C20H24ClN5O2S.ClH/c1-3-26-16(6-7-22-26)19(27)25(9-8-24-10-12-28-13-11-24)20-23-17-14(2)4-5-15(21)18(17)29-20;/h4-7H,3,8-13H2,1-2H3;1H. The summed E-state index contributed by atoms with van der Waals surface area (Å²) in [5, 5.41) is 5.58. The molecule has 0 N–H and O–H groups in total. The van der Waals surface area contributed by atoms with E-state index < -0.39 is 0 Å². The Hall–Kier alpha value is -1.71. The minimum absolute atomic E-state index is 0. The first-order chi connectivity index (χ1) is 14.1. The maximum absolute atomic E-state index is 13.5. The van der Waals surface area contributed by atoms with E-state index in [4.69, 9.17) is 21.3 Å². The van der Waals surface area contributed by atoms with E-state index in [0.717, 1.165) is 48.6 Å². The average Bonchev–Trinajstić information content (AvgIpc) is 3.39. The van der Waals surface area contributed by atoms with Crippen molar-refractivity contribution in [3.8, 4) is 0 Å². The van der Waals surface area contributed by atoms with Crippen molar-refractivity contribution in [3.63, 3.8) is 0 Å². The fourth-order valence-corrected chi connectivity index (χ4v) is 4.80. The molecule has 3 aromatic rings. The number of carbonyl (C=O) groups is 1. The quantitative estimate of drug-likeness (QED) is 0.547. The van der Waals surface area contributed by atoms with E-state index >= 15 is 0 Å². The molecule has 1 aromatic carbocycles. The number of hydrogen-bond acceptors (Lipinski definition) is 6. The number of anilines is 1. The summed E-state index contributed by atoms with van der Waals surface area (Å²) in [5.74, 6) is -0.0922. The van der Waals surface area contributed by atoms with Crippen molar-refractivity contribution in [2.24, 2.45) is 0 Å². The van der Waals surface area contributed by atoms with Crippen molar-refractivity contribution in [2.75, 3.05) is 44.3 Å². The average molecular weight is 470 g/mol. The fraction of sp³-hybridized carbons (Fsp3) is 0.450. The van der Waals surface area contributed by atoms with E-state index in [1.54, 1.807) is 21.8 Å². The number of carbonyl (C=O) groups excluding carboxylic acids is 1. The molecule has 1 fully saturated rings. The SMILES string of the molecule is CCn1nccc1C(=O)N(CCN1CCOCC1)c1nc2c(C)ccc(Cl)c2s1.Cl. The summed E-state index contributed by atoms with van der Waals surface area (Å²) in [7, 11) is 0. The Bertz CT molecular complexity index is 977. The highest BCUT2D eigenvalue weighted by atomic mass is 35.5. The van der Waals surface area contributed by atoms with Crippen LogP contribution in [0.15, 0.2) is 24.4 Å². The van der Waals surface area contributed by atoms with Crippen LogP contribution >= 0.6 is 35.3 Å². The van der Waals surface area contributed by atoms with Gasteiger partial charge in [0.1, 0.15) is 5.69 Å². The predicted octanol–water partition coefficient (Wildman–Crippen LogP) is 3.88. The highest BCUT2D eigenvalue weighted by Crippen LogP contribution is 2.36. The van der Waals surface area contributed by atoms with Crippen LogP contribution in [0.3, 0.4) is 0 Å². The first-order valence-corrected chi connectivity index (χ1v) is 11.0. The third-order valence-electron chi connectivity index (χ3n) is 5.14. The van der Waals surface area contributed by atoms with Crippen molar-refractivity contribution >= 4 is 56.6 Å². The van der Waals surface area contributed by atoms with Crippen LogP contribution in [0.25, 0.3) is 10.2 Å². The van der Waals surface area contributed by atoms with Gasteiger partial charge in [-0.15, -0.1) is 12.4 Å². The molecule has 3 heterocycles. The van der Waals surface area contributed by atoms with Crippen LogP contribution < -0.4 is 4.90 Å². The summed E-state index contributed by atoms with van der Waals surface area (Å²) in [5.41, 5.74) is 2.47. The van der Waals surface area contributed by atoms with Crippen LogP contribution in [0.4, 0.5) is 5.13 Å². The van der Waals surface area contributed by atoms with Crippen molar-refractivity contribution < 1.29 is 9.53 Å². The van der Waals surface area contributed by atoms with Gasteiger partial charge in [0.05, 0.1) is 28.5 Å². The molecule has 0 saturated carbocycles. The monoisotopic (exact) mass is 469 g/mol. The normalized spacial score (nSPS) is 14.6. The van der Waals surface area contributed by atoms with Crippen molar-refractivity contribution in [1.82, 2.24) is 19.7 Å². The summed E-state index contributed by atoms with van der Waals surface area (Å²) >= 11 is 7.86. The van der Waals surface area contributed by atoms with Crippen molar-refractivity contribution in [1.29, 1.82) is 0 Å². The molecule has 1 saturated heterocycles. The Labute approximate surface area is 191 Å². The van der Waals surface area contributed by atoms with Gasteiger partial charge in [0.15, 0.2) is 5.13 Å². The molecule has 1 aliphatic heterocycles. The molecule has 10 heteroatoms. The van der Waals surface area contributed by atoms with Gasteiger partial charge < -0.3 is 4.74 Å². The second kappa shape index (κ2) is 10.1. The molecule has 4 rings (SSSR count). The van der Waals surface area contributed by atoms with Gasteiger partial charge in [0, 0.05) is 38.9 Å². The number of aryl methyl sites for hydroxylation is 2. The molecule has 1 amide bonds. The first kappa shape index (κ1) is 23.0. The topological polar surface area (TPSA) is 63.5 Å². The van der Waals surface area contributed by atoms with E-state index in [1.807, 2.05) is 26.0 Å². The molecular weight excluding hydrogens is 445 g/mol. The lowest BCUT2D eigenvalue weighted by molar-refractivity contribution is 0.0391. The number of rotatable bonds is 6. The zero-order valence-electron chi connectivity index (χ0n) is 17.0. The van der Waals surface area contributed by atoms with Crippen molar-refractivity contribution in [2.45, 2.75) is 20.4 Å². The van der Waals surface area contributed by atoms with Gasteiger partial charge in [0.2, 0.25) is 0 Å². The van der Waals surface area contributed by atoms with Crippen LogP contribution in [-0.4, -0.2) is 65.0 Å². The molecule has 162 valence electrons. The van der Waals surface area contributed by atoms with Gasteiger partial charge in [-0.2, -0.15) is 5.10 Å². The summed E-state index contributed by atoms with van der Waals surface area (Å²) in [4.78, 5) is 22.3. The number of ether oxygens (including phenoxy) is 1. The smallest absolute Gasteiger partial charge is 0.278 e. The molecule has 30 heavy (non-hydrogen) atoms. The highest BCUT2D eigenvalue weighted by molar-refractivity contribution is 7.23. The molecule has 0 atom stereocenters. The van der Waals surface area contributed by atoms with Gasteiger partial charge in [-0.05, 0) is 31.5 Å². The largest absolute Gasteiger partial charge is 0.379 e. The van der Waals surface area contributed by atoms with E-state index in [0.29, 0.717) is 28.9 Å². The molecule has 0 bridgehead atoms. The van der Waals surface area contributed by atoms with Crippen molar-refractivity contribution in [3.05, 3.63) is 40.7 Å². The second-order valence-electron chi connectivity index (χ2n) is 6.98. The molecular formula is C20H25Cl2N5O2S. The molecule has 7 nitrogen and oxygen atoms in total. The number of thiazole rings is 1. The lowest BCUT2D eigenvalue weighted by atomic mass is 10.2. The maximum atomic E-state index is 13.5. The summed E-state index contributed by atoms with van der Waals surface area (Å²) in [6, 6.07) is 5.60. The number of amides is 1. The lowest BCUT2D eigenvalue weighted by Crippen LogP contribution is -2.43. The third kappa shape index (κ3) is 4.63. The van der Waals surface area contributed by atoms with Gasteiger partial charge in [-0.3, -0.25) is 19.3 Å². The number of aromatic nitrogens is 3. The lowest BCUT2D eigenvalue weighted by Gasteiger charge is -2.29. The van der Waals surface area contributed by atoms with E-state index in [9.17, 15) is 4.79 Å². The predicted molar refractivity (Wildman–Crippen MR) is 123 cm³/mol. The summed E-state index contributed by atoms with van der Waals surface area (Å²) in [6.45, 7) is 9.13. The Kier molecular flexibility index (Phi) is 7.70. The van der Waals surface area contributed by atoms with Crippen LogP contribution in [0.5, 0.6) is 0 Å². The fourth-order valence-electron chi connectivity index (χ4n) is 3.46. The molecule has 0 radical (unpaired) electrons. The third-order valence-corrected chi connectivity index (χ3v) is 6.68. The minimum atomic E-state index is -0.0922. The number of halogens is 2. The molecule has 1 aliphatic rings. The van der Waals surface area contributed by atoms with Gasteiger partial charge in [-0.1, -0.05) is 29.0 Å². The maximum Gasteiger partial charge on any atom is 0.278 e. The Balaban J connectivity index is 0.00000256.